The van der Waals surface area contributed by atoms with Crippen molar-refractivity contribution in [1.82, 2.24) is 9.97 Å². The van der Waals surface area contributed by atoms with Crippen molar-refractivity contribution in [2.45, 2.75) is 19.9 Å². The average Bonchev–Trinajstić information content (AvgIpc) is 3.32. The number of aromatic nitrogens is 2. The highest BCUT2D eigenvalue weighted by molar-refractivity contribution is 7.17. The van der Waals surface area contributed by atoms with E-state index in [0.29, 0.717) is 27.1 Å². The minimum absolute atomic E-state index is 0.0268. The molecule has 160 valence electrons. The van der Waals surface area contributed by atoms with Crippen molar-refractivity contribution in [2.24, 2.45) is 0 Å². The number of pyridine rings is 1. The number of aryl methyl sites for hydroxylation is 1. The number of rotatable bonds is 4. The van der Waals surface area contributed by atoms with Crippen molar-refractivity contribution in [2.75, 3.05) is 11.5 Å². The van der Waals surface area contributed by atoms with E-state index < -0.39 is 17.9 Å². The fourth-order valence-electron chi connectivity index (χ4n) is 3.85. The summed E-state index contributed by atoms with van der Waals surface area (Å²) in [5.41, 5.74) is 1.43. The molecule has 1 amide bonds. The Morgan fingerprint density at radius 2 is 1.94 bits per heavy atom. The maximum Gasteiger partial charge on any atom is 0.350 e. The van der Waals surface area contributed by atoms with E-state index in [1.807, 2.05) is 0 Å². The molecule has 0 radical (unpaired) electrons. The van der Waals surface area contributed by atoms with Crippen LogP contribution in [0.2, 0.25) is 0 Å². The van der Waals surface area contributed by atoms with Gasteiger partial charge in [0, 0.05) is 12.4 Å². The van der Waals surface area contributed by atoms with Crippen LogP contribution in [0.1, 0.15) is 50.0 Å². The highest BCUT2D eigenvalue weighted by Gasteiger charge is 2.45. The third kappa shape index (κ3) is 3.01. The number of carbonyl (C=O) groups excluding carboxylic acids is 2. The fraction of sp³-hybridized carbons (Fsp3) is 0.174. The lowest BCUT2D eigenvalue weighted by molar-refractivity contribution is 0.0531. The zero-order valence-electron chi connectivity index (χ0n) is 17.2. The van der Waals surface area contributed by atoms with Gasteiger partial charge in [-0.05, 0) is 43.7 Å². The first-order valence-corrected chi connectivity index (χ1v) is 10.8. The first kappa shape index (κ1) is 20.1. The second kappa shape index (κ2) is 7.69. The van der Waals surface area contributed by atoms with Gasteiger partial charge >= 0.3 is 5.97 Å². The van der Waals surface area contributed by atoms with Crippen LogP contribution in [0.5, 0.6) is 0 Å². The summed E-state index contributed by atoms with van der Waals surface area (Å²) in [4.78, 5) is 49.5. The van der Waals surface area contributed by atoms with Gasteiger partial charge in [-0.3, -0.25) is 19.5 Å². The highest BCUT2D eigenvalue weighted by Crippen LogP contribution is 2.43. The minimum atomic E-state index is -0.762. The number of thiazole rings is 1. The maximum atomic E-state index is 13.5. The van der Waals surface area contributed by atoms with Crippen LogP contribution in [0.3, 0.4) is 0 Å². The van der Waals surface area contributed by atoms with Gasteiger partial charge in [0.15, 0.2) is 10.6 Å². The van der Waals surface area contributed by atoms with Gasteiger partial charge in [0.25, 0.3) is 5.91 Å². The van der Waals surface area contributed by atoms with Crippen LogP contribution in [0.25, 0.3) is 11.0 Å². The number of benzene rings is 1. The molecule has 32 heavy (non-hydrogen) atoms. The maximum absolute atomic E-state index is 13.5. The Morgan fingerprint density at radius 3 is 2.69 bits per heavy atom. The van der Waals surface area contributed by atoms with E-state index in [1.54, 1.807) is 62.6 Å². The van der Waals surface area contributed by atoms with Gasteiger partial charge in [-0.15, -0.1) is 0 Å². The van der Waals surface area contributed by atoms with E-state index in [4.69, 9.17) is 9.15 Å². The van der Waals surface area contributed by atoms with E-state index in [0.717, 1.165) is 11.3 Å². The zero-order chi connectivity index (χ0) is 22.4. The van der Waals surface area contributed by atoms with Gasteiger partial charge in [0.05, 0.1) is 29.3 Å². The Labute approximate surface area is 186 Å². The van der Waals surface area contributed by atoms with Crippen molar-refractivity contribution in [3.63, 3.8) is 0 Å². The number of para-hydroxylation sites is 1. The number of nitrogens with zero attached hydrogens (tertiary/aromatic N) is 3. The van der Waals surface area contributed by atoms with E-state index in [9.17, 15) is 14.4 Å². The molecule has 0 fully saturated rings. The van der Waals surface area contributed by atoms with Crippen molar-refractivity contribution in [1.29, 1.82) is 0 Å². The van der Waals surface area contributed by atoms with E-state index in [1.165, 1.54) is 4.90 Å². The third-order valence-corrected chi connectivity index (χ3v) is 6.39. The second-order valence-electron chi connectivity index (χ2n) is 7.16. The molecule has 1 atom stereocenters. The summed E-state index contributed by atoms with van der Waals surface area (Å²) in [5, 5.41) is 0.676. The molecule has 8 nitrogen and oxygen atoms in total. The van der Waals surface area contributed by atoms with Gasteiger partial charge in [0.1, 0.15) is 10.5 Å². The zero-order valence-corrected chi connectivity index (χ0v) is 18.0. The lowest BCUT2D eigenvalue weighted by atomic mass is 10.00. The fourth-order valence-corrected chi connectivity index (χ4v) is 4.84. The summed E-state index contributed by atoms with van der Waals surface area (Å²) in [6, 6.07) is 9.53. The second-order valence-corrected chi connectivity index (χ2v) is 8.14. The summed E-state index contributed by atoms with van der Waals surface area (Å²) < 4.78 is 11.0. The number of amides is 1. The van der Waals surface area contributed by atoms with Crippen molar-refractivity contribution < 1.29 is 18.7 Å². The molecule has 3 aromatic heterocycles. The third-order valence-electron chi connectivity index (χ3n) is 5.25. The van der Waals surface area contributed by atoms with Crippen LogP contribution < -0.4 is 10.3 Å². The highest BCUT2D eigenvalue weighted by atomic mass is 32.1. The lowest BCUT2D eigenvalue weighted by Gasteiger charge is -2.22. The Kier molecular flexibility index (Phi) is 4.82. The van der Waals surface area contributed by atoms with Gasteiger partial charge in [-0.2, -0.15) is 0 Å². The molecule has 1 unspecified atom stereocenters. The van der Waals surface area contributed by atoms with Crippen LogP contribution in [0.15, 0.2) is 58.0 Å². The normalized spacial score (nSPS) is 15.2. The number of hydrogen-bond acceptors (Lipinski definition) is 8. The summed E-state index contributed by atoms with van der Waals surface area (Å²) >= 11 is 1.05. The van der Waals surface area contributed by atoms with E-state index in [-0.39, 0.29) is 28.5 Å². The van der Waals surface area contributed by atoms with Crippen LogP contribution in [-0.4, -0.2) is 28.5 Å². The molecular formula is C23H17N3O5S. The largest absolute Gasteiger partial charge is 0.462 e. The Hall–Kier alpha value is -3.85. The van der Waals surface area contributed by atoms with Crippen molar-refractivity contribution >= 4 is 39.3 Å². The Morgan fingerprint density at radius 1 is 1.19 bits per heavy atom. The number of hydrogen-bond donors (Lipinski definition) is 0. The SMILES string of the molecule is CCOC(=O)c1sc(N2C(=O)c3oc4ccccc4c(=O)c3C2c2ccncc2)nc1C. The molecule has 1 aromatic carbocycles. The standard InChI is InChI=1S/C23H17N3O5S/c1-3-30-22(29)20-12(2)25-23(32-20)26-17(13-8-10-24-11-9-13)16-18(27)14-6-4-5-7-15(14)31-19(16)21(26)28/h4-11,17H,3H2,1-2H3. The average molecular weight is 447 g/mol. The lowest BCUT2D eigenvalue weighted by Crippen LogP contribution is -2.29. The summed E-state index contributed by atoms with van der Waals surface area (Å²) in [6.45, 7) is 3.63. The predicted octanol–water partition coefficient (Wildman–Crippen LogP) is 3.88. The van der Waals surface area contributed by atoms with Crippen molar-refractivity contribution in [3.05, 3.63) is 86.5 Å². The first-order chi connectivity index (χ1) is 15.5. The van der Waals surface area contributed by atoms with Crippen LogP contribution in [0, 0.1) is 6.92 Å². The Balaban J connectivity index is 1.74. The topological polar surface area (TPSA) is 103 Å². The van der Waals surface area contributed by atoms with Gasteiger partial charge in [0.2, 0.25) is 5.76 Å². The molecule has 0 saturated heterocycles. The first-order valence-electron chi connectivity index (χ1n) is 9.95. The van der Waals surface area contributed by atoms with Crippen LogP contribution in [0.4, 0.5) is 5.13 Å². The monoisotopic (exact) mass is 447 g/mol. The van der Waals surface area contributed by atoms with E-state index >= 15 is 0 Å². The molecule has 4 heterocycles. The van der Waals surface area contributed by atoms with E-state index in [2.05, 4.69) is 9.97 Å². The van der Waals surface area contributed by atoms with Crippen LogP contribution >= 0.6 is 11.3 Å². The number of carbonyl (C=O) groups is 2. The molecule has 0 saturated carbocycles. The Bertz CT molecular complexity index is 1430. The number of anilines is 1. The summed E-state index contributed by atoms with van der Waals surface area (Å²) in [6.07, 6.45) is 3.19. The smallest absolute Gasteiger partial charge is 0.350 e. The molecule has 1 aliphatic heterocycles. The summed E-state index contributed by atoms with van der Waals surface area (Å²) in [5.74, 6) is -1.02. The summed E-state index contributed by atoms with van der Waals surface area (Å²) in [7, 11) is 0. The van der Waals surface area contributed by atoms with Gasteiger partial charge in [-0.25, -0.2) is 9.78 Å². The molecule has 0 aliphatic carbocycles. The number of ether oxygens (including phenoxy) is 1. The quantitative estimate of drug-likeness (QED) is 0.438. The molecule has 4 aromatic rings. The predicted molar refractivity (Wildman–Crippen MR) is 118 cm³/mol. The number of fused-ring (bicyclic) bond motifs is 2. The van der Waals surface area contributed by atoms with Crippen LogP contribution in [-0.2, 0) is 4.74 Å². The van der Waals surface area contributed by atoms with Gasteiger partial charge < -0.3 is 9.15 Å². The molecule has 1 aliphatic rings. The van der Waals surface area contributed by atoms with Gasteiger partial charge in [-0.1, -0.05) is 23.5 Å². The minimum Gasteiger partial charge on any atom is -0.462 e. The molecule has 0 N–H and O–H groups in total. The molecule has 0 bridgehead atoms. The molecule has 9 heteroatoms. The molecule has 0 spiro atoms. The van der Waals surface area contributed by atoms with Crippen molar-refractivity contribution in [3.8, 4) is 0 Å². The molecule has 5 rings (SSSR count). The number of esters is 1. The molecular weight excluding hydrogens is 430 g/mol.